The molecule has 6 heteroatoms. The van der Waals surface area contributed by atoms with Gasteiger partial charge < -0.3 is 15.4 Å². The average molecular weight is 430 g/mol. The summed E-state index contributed by atoms with van der Waals surface area (Å²) in [5.74, 6) is -0.401. The number of nitrogens with zero attached hydrogens (tertiary/aromatic N) is 2. The Bertz CT molecular complexity index is 1070. The number of carbonyl (C=O) groups excluding carboxylic acids is 2. The first kappa shape index (κ1) is 21.6. The SMILES string of the molecule is C[C@@H](c1ccc(-c2ccncc2)cc1)N1CCC(CCC(N)=O)(c2ccccc2)OC1=O. The van der Waals surface area contributed by atoms with Crippen molar-refractivity contribution in [1.29, 1.82) is 0 Å². The van der Waals surface area contributed by atoms with Gasteiger partial charge in [-0.15, -0.1) is 0 Å². The van der Waals surface area contributed by atoms with E-state index in [-0.39, 0.29) is 18.6 Å². The van der Waals surface area contributed by atoms with Gasteiger partial charge in [0, 0.05) is 38.2 Å². The second kappa shape index (κ2) is 9.22. The van der Waals surface area contributed by atoms with E-state index in [2.05, 4.69) is 17.1 Å². The minimum atomic E-state index is -0.838. The average Bonchev–Trinajstić information content (AvgIpc) is 2.83. The van der Waals surface area contributed by atoms with E-state index in [1.54, 1.807) is 17.3 Å². The van der Waals surface area contributed by atoms with Crippen LogP contribution < -0.4 is 5.73 Å². The molecule has 1 aliphatic heterocycles. The van der Waals surface area contributed by atoms with E-state index in [0.29, 0.717) is 19.4 Å². The van der Waals surface area contributed by atoms with Gasteiger partial charge in [0.2, 0.25) is 5.91 Å². The molecule has 2 amide bonds. The van der Waals surface area contributed by atoms with Crippen molar-refractivity contribution in [1.82, 2.24) is 9.88 Å². The molecule has 0 radical (unpaired) electrons. The molecule has 3 aromatic rings. The lowest BCUT2D eigenvalue weighted by Crippen LogP contribution is -2.49. The van der Waals surface area contributed by atoms with Gasteiger partial charge >= 0.3 is 6.09 Å². The summed E-state index contributed by atoms with van der Waals surface area (Å²) in [5, 5.41) is 0. The largest absolute Gasteiger partial charge is 0.438 e. The van der Waals surface area contributed by atoms with Gasteiger partial charge in [-0.1, -0.05) is 54.6 Å². The molecule has 2 heterocycles. The molecule has 0 aliphatic carbocycles. The molecule has 0 bridgehead atoms. The van der Waals surface area contributed by atoms with Gasteiger partial charge in [0.25, 0.3) is 0 Å². The number of cyclic esters (lactones) is 1. The van der Waals surface area contributed by atoms with Crippen LogP contribution in [0.15, 0.2) is 79.1 Å². The van der Waals surface area contributed by atoms with E-state index in [1.165, 1.54) is 0 Å². The van der Waals surface area contributed by atoms with Crippen LogP contribution in [0, 0.1) is 0 Å². The zero-order valence-electron chi connectivity index (χ0n) is 18.1. The van der Waals surface area contributed by atoms with Crippen molar-refractivity contribution in [3.8, 4) is 11.1 Å². The van der Waals surface area contributed by atoms with Crippen LogP contribution in [0.4, 0.5) is 4.79 Å². The second-order valence-corrected chi connectivity index (χ2v) is 8.17. The van der Waals surface area contributed by atoms with Gasteiger partial charge in [-0.25, -0.2) is 4.79 Å². The summed E-state index contributed by atoms with van der Waals surface area (Å²) in [5.41, 5.74) is 8.67. The smallest absolute Gasteiger partial charge is 0.411 e. The normalized spacial score (nSPS) is 19.3. The molecule has 0 spiro atoms. The number of benzene rings is 2. The number of aromatic nitrogens is 1. The van der Waals surface area contributed by atoms with Gasteiger partial charge in [0.05, 0.1) is 6.04 Å². The molecule has 2 N–H and O–H groups in total. The molecule has 2 aromatic carbocycles. The van der Waals surface area contributed by atoms with Crippen LogP contribution in [0.5, 0.6) is 0 Å². The molecular formula is C26H27N3O3. The number of primary amides is 1. The van der Waals surface area contributed by atoms with Crippen LogP contribution in [0.2, 0.25) is 0 Å². The van der Waals surface area contributed by atoms with Gasteiger partial charge in [-0.05, 0) is 41.3 Å². The quantitative estimate of drug-likeness (QED) is 0.584. The first-order valence-corrected chi connectivity index (χ1v) is 10.8. The van der Waals surface area contributed by atoms with Gasteiger partial charge in [0.15, 0.2) is 0 Å². The highest BCUT2D eigenvalue weighted by atomic mass is 16.6. The molecule has 32 heavy (non-hydrogen) atoms. The van der Waals surface area contributed by atoms with Crippen LogP contribution in [-0.4, -0.2) is 28.4 Å². The summed E-state index contributed by atoms with van der Waals surface area (Å²) in [6.45, 7) is 2.53. The molecule has 0 saturated carbocycles. The molecule has 1 saturated heterocycles. The fraction of sp³-hybridized carbons (Fsp3) is 0.269. The van der Waals surface area contributed by atoms with E-state index in [9.17, 15) is 9.59 Å². The lowest BCUT2D eigenvalue weighted by Gasteiger charge is -2.43. The third-order valence-corrected chi connectivity index (χ3v) is 6.22. The van der Waals surface area contributed by atoms with Crippen molar-refractivity contribution >= 4 is 12.0 Å². The lowest BCUT2D eigenvalue weighted by molar-refractivity contribution is -0.121. The van der Waals surface area contributed by atoms with Crippen LogP contribution in [0.1, 0.15) is 43.4 Å². The molecule has 4 rings (SSSR count). The molecule has 1 fully saturated rings. The number of pyridine rings is 1. The van der Waals surface area contributed by atoms with E-state index < -0.39 is 11.5 Å². The second-order valence-electron chi connectivity index (χ2n) is 8.17. The number of ether oxygens (including phenoxy) is 1. The highest BCUT2D eigenvalue weighted by molar-refractivity contribution is 5.74. The number of nitrogens with two attached hydrogens (primary N) is 1. The van der Waals surface area contributed by atoms with Crippen molar-refractivity contribution in [3.05, 3.63) is 90.3 Å². The van der Waals surface area contributed by atoms with Crippen LogP contribution >= 0.6 is 0 Å². The van der Waals surface area contributed by atoms with E-state index in [4.69, 9.17) is 10.5 Å². The Balaban J connectivity index is 1.51. The van der Waals surface area contributed by atoms with E-state index in [0.717, 1.165) is 22.3 Å². The van der Waals surface area contributed by atoms with E-state index in [1.807, 2.05) is 61.5 Å². The zero-order chi connectivity index (χ0) is 22.6. The highest BCUT2D eigenvalue weighted by Crippen LogP contribution is 2.40. The standard InChI is InChI=1S/C26H27N3O3/c1-19(20-7-9-21(10-8-20)22-12-16-28-17-13-22)29-18-15-26(32-25(29)31,14-11-24(27)30)23-5-3-2-4-6-23/h2-10,12-13,16-17,19H,11,14-15,18H2,1H3,(H2,27,30)/t19-,26?/m0/s1. The van der Waals surface area contributed by atoms with E-state index >= 15 is 0 Å². The minimum Gasteiger partial charge on any atom is -0.438 e. The Morgan fingerprint density at radius 3 is 2.34 bits per heavy atom. The summed E-state index contributed by atoms with van der Waals surface area (Å²) >= 11 is 0. The van der Waals surface area contributed by atoms with Crippen molar-refractivity contribution in [2.75, 3.05) is 6.54 Å². The maximum atomic E-state index is 13.1. The third-order valence-electron chi connectivity index (χ3n) is 6.22. The van der Waals surface area contributed by atoms with Crippen LogP contribution in [-0.2, 0) is 15.1 Å². The minimum absolute atomic E-state index is 0.140. The summed E-state index contributed by atoms with van der Waals surface area (Å²) < 4.78 is 6.03. The number of amides is 2. The van der Waals surface area contributed by atoms with Gasteiger partial charge in [-0.2, -0.15) is 0 Å². The van der Waals surface area contributed by atoms with Gasteiger partial charge in [0.1, 0.15) is 5.60 Å². The topological polar surface area (TPSA) is 85.5 Å². The van der Waals surface area contributed by atoms with Crippen molar-refractivity contribution < 1.29 is 14.3 Å². The fourth-order valence-corrected chi connectivity index (χ4v) is 4.29. The molecule has 164 valence electrons. The first-order chi connectivity index (χ1) is 15.5. The maximum Gasteiger partial charge on any atom is 0.411 e. The number of hydrogen-bond acceptors (Lipinski definition) is 4. The fourth-order valence-electron chi connectivity index (χ4n) is 4.29. The van der Waals surface area contributed by atoms with Crippen LogP contribution in [0.3, 0.4) is 0 Å². The Labute approximate surface area is 188 Å². The Morgan fingerprint density at radius 2 is 1.72 bits per heavy atom. The van der Waals surface area contributed by atoms with Crippen molar-refractivity contribution in [3.63, 3.8) is 0 Å². The number of hydrogen-bond donors (Lipinski definition) is 1. The summed E-state index contributed by atoms with van der Waals surface area (Å²) in [7, 11) is 0. The molecule has 1 unspecified atom stereocenters. The highest BCUT2D eigenvalue weighted by Gasteiger charge is 2.43. The van der Waals surface area contributed by atoms with Crippen molar-refractivity contribution in [2.45, 2.75) is 37.8 Å². The monoisotopic (exact) mass is 429 g/mol. The summed E-state index contributed by atoms with van der Waals surface area (Å²) in [4.78, 5) is 30.4. The molecule has 2 atom stereocenters. The molecule has 1 aromatic heterocycles. The molecule has 1 aliphatic rings. The summed E-state index contributed by atoms with van der Waals surface area (Å²) in [6, 6.07) is 21.6. The molecular weight excluding hydrogens is 402 g/mol. The maximum absolute atomic E-state index is 13.1. The predicted molar refractivity (Wildman–Crippen MR) is 122 cm³/mol. The number of carbonyl (C=O) groups is 2. The Morgan fingerprint density at radius 1 is 1.06 bits per heavy atom. The van der Waals surface area contributed by atoms with Crippen LogP contribution in [0.25, 0.3) is 11.1 Å². The lowest BCUT2D eigenvalue weighted by atomic mass is 9.84. The van der Waals surface area contributed by atoms with Gasteiger partial charge in [-0.3, -0.25) is 9.78 Å². The Kier molecular flexibility index (Phi) is 6.21. The molecule has 6 nitrogen and oxygen atoms in total. The van der Waals surface area contributed by atoms with Crippen molar-refractivity contribution in [2.24, 2.45) is 5.73 Å². The number of rotatable bonds is 7. The Hall–Kier alpha value is -3.67. The summed E-state index contributed by atoms with van der Waals surface area (Å²) in [6.07, 6.45) is 4.29. The zero-order valence-corrected chi connectivity index (χ0v) is 18.1. The predicted octanol–water partition coefficient (Wildman–Crippen LogP) is 4.81. The first-order valence-electron chi connectivity index (χ1n) is 10.8. The third kappa shape index (κ3) is 4.49.